The fourth-order valence-corrected chi connectivity index (χ4v) is 3.69. The summed E-state index contributed by atoms with van der Waals surface area (Å²) in [6.45, 7) is 3.91. The number of halogens is 3. The Kier molecular flexibility index (Phi) is 9.03. The van der Waals surface area contributed by atoms with Crippen molar-refractivity contribution in [2.24, 2.45) is 0 Å². The van der Waals surface area contributed by atoms with E-state index in [9.17, 15) is 4.39 Å². The highest BCUT2D eigenvalue weighted by Crippen LogP contribution is 2.34. The van der Waals surface area contributed by atoms with Gasteiger partial charge in [-0.15, -0.1) is 0 Å². The lowest BCUT2D eigenvalue weighted by atomic mass is 10.1. The number of methoxy groups -OCH3 is 1. The van der Waals surface area contributed by atoms with Gasteiger partial charge in [0.05, 0.1) is 18.7 Å². The fourth-order valence-electron chi connectivity index (χ4n) is 3.24. The first-order chi connectivity index (χ1) is 15.5. The van der Waals surface area contributed by atoms with Crippen LogP contribution in [0.25, 0.3) is 0 Å². The van der Waals surface area contributed by atoms with Gasteiger partial charge >= 0.3 is 0 Å². The average molecular weight is 478 g/mol. The maximum Gasteiger partial charge on any atom is 0.163 e. The molecular formula is C25H26Cl2FNO3. The van der Waals surface area contributed by atoms with Crippen LogP contribution in [0.1, 0.15) is 23.6 Å². The monoisotopic (exact) mass is 477 g/mol. The van der Waals surface area contributed by atoms with E-state index in [0.29, 0.717) is 40.3 Å². The van der Waals surface area contributed by atoms with E-state index >= 15 is 0 Å². The zero-order chi connectivity index (χ0) is 22.9. The van der Waals surface area contributed by atoms with Crippen molar-refractivity contribution >= 4 is 23.2 Å². The molecule has 0 aliphatic carbocycles. The Hall–Kier alpha value is -2.47. The SMILES string of the molecule is CCOc1cc(CNCCc2ccccc2OC)c(Cl)cc1OCc1ccc(F)cc1Cl. The number of nitrogens with one attached hydrogen (secondary N) is 1. The Morgan fingerprint density at radius 1 is 0.844 bits per heavy atom. The molecule has 0 aromatic heterocycles. The van der Waals surface area contributed by atoms with Gasteiger partial charge in [-0.25, -0.2) is 4.39 Å². The maximum absolute atomic E-state index is 13.3. The molecule has 0 amide bonds. The van der Waals surface area contributed by atoms with Crippen LogP contribution in [0.15, 0.2) is 54.6 Å². The first-order valence-electron chi connectivity index (χ1n) is 10.4. The van der Waals surface area contributed by atoms with Crippen LogP contribution in [0.3, 0.4) is 0 Å². The molecule has 3 aromatic rings. The van der Waals surface area contributed by atoms with E-state index in [-0.39, 0.29) is 12.4 Å². The lowest BCUT2D eigenvalue weighted by Gasteiger charge is -2.16. The zero-order valence-electron chi connectivity index (χ0n) is 18.1. The average Bonchev–Trinajstić information content (AvgIpc) is 2.78. The van der Waals surface area contributed by atoms with Crippen molar-refractivity contribution in [1.29, 1.82) is 0 Å². The van der Waals surface area contributed by atoms with Crippen molar-refractivity contribution < 1.29 is 18.6 Å². The van der Waals surface area contributed by atoms with Crippen LogP contribution in [-0.4, -0.2) is 20.3 Å². The smallest absolute Gasteiger partial charge is 0.163 e. The topological polar surface area (TPSA) is 39.7 Å². The van der Waals surface area contributed by atoms with Gasteiger partial charge in [0.25, 0.3) is 0 Å². The summed E-state index contributed by atoms with van der Waals surface area (Å²) < 4.78 is 30.3. The molecule has 7 heteroatoms. The molecule has 0 aliphatic heterocycles. The molecule has 0 bridgehead atoms. The van der Waals surface area contributed by atoms with E-state index in [1.165, 1.54) is 12.1 Å². The molecule has 32 heavy (non-hydrogen) atoms. The number of para-hydroxylation sites is 1. The van der Waals surface area contributed by atoms with Crippen molar-refractivity contribution in [1.82, 2.24) is 5.32 Å². The van der Waals surface area contributed by atoms with Gasteiger partial charge in [-0.2, -0.15) is 0 Å². The van der Waals surface area contributed by atoms with Gasteiger partial charge < -0.3 is 19.5 Å². The van der Waals surface area contributed by atoms with E-state index in [1.807, 2.05) is 31.2 Å². The van der Waals surface area contributed by atoms with Gasteiger partial charge in [-0.3, -0.25) is 0 Å². The third-order valence-electron chi connectivity index (χ3n) is 4.89. The lowest BCUT2D eigenvalue weighted by molar-refractivity contribution is 0.269. The maximum atomic E-state index is 13.3. The Bertz CT molecular complexity index is 1050. The summed E-state index contributed by atoms with van der Waals surface area (Å²) in [6, 6.07) is 15.8. The molecule has 0 heterocycles. The van der Waals surface area contributed by atoms with Gasteiger partial charge in [-0.05, 0) is 55.3 Å². The molecular weight excluding hydrogens is 452 g/mol. The Morgan fingerprint density at radius 2 is 1.59 bits per heavy atom. The second kappa shape index (κ2) is 12.0. The molecule has 1 N–H and O–H groups in total. The van der Waals surface area contributed by atoms with E-state index in [1.54, 1.807) is 19.2 Å². The Labute approximate surface area is 198 Å². The van der Waals surface area contributed by atoms with E-state index in [2.05, 4.69) is 11.4 Å². The number of ether oxygens (including phenoxy) is 3. The van der Waals surface area contributed by atoms with Gasteiger partial charge in [0.15, 0.2) is 11.5 Å². The molecule has 0 spiro atoms. The van der Waals surface area contributed by atoms with Crippen LogP contribution in [0, 0.1) is 5.82 Å². The normalized spacial score (nSPS) is 10.8. The molecule has 0 unspecified atom stereocenters. The summed E-state index contributed by atoms with van der Waals surface area (Å²) in [7, 11) is 1.68. The summed E-state index contributed by atoms with van der Waals surface area (Å²) in [5, 5.41) is 4.29. The zero-order valence-corrected chi connectivity index (χ0v) is 19.6. The van der Waals surface area contributed by atoms with Crippen LogP contribution in [0.2, 0.25) is 10.0 Å². The number of benzene rings is 3. The number of rotatable bonds is 11. The minimum Gasteiger partial charge on any atom is -0.496 e. The van der Waals surface area contributed by atoms with Gasteiger partial charge in [0, 0.05) is 23.2 Å². The van der Waals surface area contributed by atoms with Crippen molar-refractivity contribution in [2.45, 2.75) is 26.5 Å². The first-order valence-corrected chi connectivity index (χ1v) is 11.1. The quantitative estimate of drug-likeness (QED) is 0.322. The second-order valence-electron chi connectivity index (χ2n) is 7.09. The molecule has 4 nitrogen and oxygen atoms in total. The summed E-state index contributed by atoms with van der Waals surface area (Å²) in [5.74, 6) is 1.60. The van der Waals surface area contributed by atoms with Crippen LogP contribution in [0.5, 0.6) is 17.2 Å². The summed E-state index contributed by atoms with van der Waals surface area (Å²) in [6.07, 6.45) is 0.833. The highest BCUT2D eigenvalue weighted by atomic mass is 35.5. The van der Waals surface area contributed by atoms with Crippen LogP contribution >= 0.6 is 23.2 Å². The fraction of sp³-hybridized carbons (Fsp3) is 0.280. The van der Waals surface area contributed by atoms with E-state index in [4.69, 9.17) is 37.4 Å². The third kappa shape index (κ3) is 6.52. The van der Waals surface area contributed by atoms with Gasteiger partial charge in [-0.1, -0.05) is 47.5 Å². The van der Waals surface area contributed by atoms with E-state index in [0.717, 1.165) is 29.8 Å². The van der Waals surface area contributed by atoms with Gasteiger partial charge in [0.2, 0.25) is 0 Å². The van der Waals surface area contributed by atoms with Crippen LogP contribution in [0.4, 0.5) is 4.39 Å². The minimum atomic E-state index is -0.389. The minimum absolute atomic E-state index is 0.173. The predicted octanol–water partition coefficient (Wildman–Crippen LogP) is 6.45. The van der Waals surface area contributed by atoms with Crippen LogP contribution < -0.4 is 19.5 Å². The second-order valence-corrected chi connectivity index (χ2v) is 7.90. The first kappa shape index (κ1) is 24.2. The van der Waals surface area contributed by atoms with Crippen molar-refractivity contribution in [3.05, 3.63) is 87.2 Å². The van der Waals surface area contributed by atoms with Crippen LogP contribution in [-0.2, 0) is 19.6 Å². The Balaban J connectivity index is 1.64. The van der Waals surface area contributed by atoms with E-state index < -0.39 is 0 Å². The summed E-state index contributed by atoms with van der Waals surface area (Å²) >= 11 is 12.6. The number of hydrogen-bond acceptors (Lipinski definition) is 4. The molecule has 0 fully saturated rings. The molecule has 3 rings (SSSR count). The highest BCUT2D eigenvalue weighted by molar-refractivity contribution is 6.31. The predicted molar refractivity (Wildman–Crippen MR) is 127 cm³/mol. The molecule has 170 valence electrons. The molecule has 0 radical (unpaired) electrons. The molecule has 0 aliphatic rings. The molecule has 0 saturated carbocycles. The molecule has 0 atom stereocenters. The Morgan fingerprint density at radius 3 is 2.34 bits per heavy atom. The van der Waals surface area contributed by atoms with Crippen molar-refractivity contribution in [3.63, 3.8) is 0 Å². The third-order valence-corrected chi connectivity index (χ3v) is 5.59. The highest BCUT2D eigenvalue weighted by Gasteiger charge is 2.13. The lowest BCUT2D eigenvalue weighted by Crippen LogP contribution is -2.17. The molecule has 0 saturated heterocycles. The largest absolute Gasteiger partial charge is 0.496 e. The van der Waals surface area contributed by atoms with Crippen molar-refractivity contribution in [3.8, 4) is 17.2 Å². The standard InChI is InChI=1S/C25H26Cl2FNO3/c1-3-31-24-12-19(15-29-11-10-17-6-4-5-7-23(17)30-2)22(27)14-25(24)32-16-18-8-9-20(28)13-21(18)26/h4-9,12-14,29H,3,10-11,15-16H2,1-2H3. The number of hydrogen-bond donors (Lipinski definition) is 1. The summed E-state index contributed by atoms with van der Waals surface area (Å²) in [4.78, 5) is 0. The molecule has 3 aromatic carbocycles. The van der Waals surface area contributed by atoms with Gasteiger partial charge in [0.1, 0.15) is 18.2 Å². The van der Waals surface area contributed by atoms with Crippen molar-refractivity contribution in [2.75, 3.05) is 20.3 Å². The summed E-state index contributed by atoms with van der Waals surface area (Å²) in [5.41, 5.74) is 2.72.